The second-order valence-corrected chi connectivity index (χ2v) is 6.67. The Morgan fingerprint density at radius 2 is 1.85 bits per heavy atom. The molecule has 3 heterocycles. The highest BCUT2D eigenvalue weighted by molar-refractivity contribution is 6.04. The number of nitrogens with one attached hydrogen (secondary N) is 1. The topological polar surface area (TPSA) is 87.5 Å². The molecule has 2 aliphatic heterocycles. The maximum Gasteiger partial charge on any atom is 0.257 e. The van der Waals surface area contributed by atoms with E-state index in [2.05, 4.69) is 21.3 Å². The molecule has 0 unspecified atom stereocenters. The number of pyridine rings is 1. The van der Waals surface area contributed by atoms with Crippen LogP contribution in [-0.2, 0) is 9.47 Å². The summed E-state index contributed by atoms with van der Waals surface area (Å²) >= 11 is 0. The van der Waals surface area contributed by atoms with Crippen LogP contribution in [0.5, 0.6) is 0 Å². The molecule has 1 aromatic heterocycles. The number of hydrogen-bond acceptors (Lipinski definition) is 6. The molecule has 0 bridgehead atoms. The SMILES string of the molecule is N#Cc1ccc(NC(=O)c2cncc(N3CCC4(CC3)OCCO4)c2)cc1. The Hall–Kier alpha value is -2.95. The molecule has 27 heavy (non-hydrogen) atoms. The highest BCUT2D eigenvalue weighted by Crippen LogP contribution is 2.33. The molecule has 2 saturated heterocycles. The number of anilines is 2. The number of piperidine rings is 1. The van der Waals surface area contributed by atoms with Gasteiger partial charge in [0.2, 0.25) is 0 Å². The largest absolute Gasteiger partial charge is 0.370 e. The highest BCUT2D eigenvalue weighted by Gasteiger charge is 2.39. The smallest absolute Gasteiger partial charge is 0.257 e. The van der Waals surface area contributed by atoms with Crippen LogP contribution in [0.2, 0.25) is 0 Å². The molecule has 1 amide bonds. The van der Waals surface area contributed by atoms with Crippen molar-refractivity contribution in [1.82, 2.24) is 4.98 Å². The van der Waals surface area contributed by atoms with Crippen LogP contribution in [0.4, 0.5) is 11.4 Å². The fraction of sp³-hybridized carbons (Fsp3) is 0.350. The number of amides is 1. The summed E-state index contributed by atoms with van der Waals surface area (Å²) in [4.78, 5) is 19.0. The van der Waals surface area contributed by atoms with E-state index >= 15 is 0 Å². The molecule has 1 spiro atoms. The van der Waals surface area contributed by atoms with Crippen molar-refractivity contribution in [2.45, 2.75) is 18.6 Å². The summed E-state index contributed by atoms with van der Waals surface area (Å²) in [6.45, 7) is 2.91. The Bertz CT molecular complexity index is 860. The molecule has 2 aromatic rings. The third-order valence-electron chi connectivity index (χ3n) is 4.96. The van der Waals surface area contributed by atoms with E-state index in [1.165, 1.54) is 0 Å². The molecule has 4 rings (SSSR count). The number of nitrogens with zero attached hydrogens (tertiary/aromatic N) is 3. The lowest BCUT2D eigenvalue weighted by atomic mass is 10.0. The van der Waals surface area contributed by atoms with Gasteiger partial charge < -0.3 is 19.7 Å². The van der Waals surface area contributed by atoms with E-state index in [0.717, 1.165) is 31.6 Å². The number of ether oxygens (including phenoxy) is 2. The summed E-state index contributed by atoms with van der Waals surface area (Å²) in [5.41, 5.74) is 2.59. The van der Waals surface area contributed by atoms with Crippen molar-refractivity contribution in [3.63, 3.8) is 0 Å². The van der Waals surface area contributed by atoms with Gasteiger partial charge in [-0.25, -0.2) is 0 Å². The van der Waals surface area contributed by atoms with Crippen LogP contribution in [0.3, 0.4) is 0 Å². The molecule has 138 valence electrons. The number of aromatic nitrogens is 1. The summed E-state index contributed by atoms with van der Waals surface area (Å²) in [6.07, 6.45) is 4.92. The van der Waals surface area contributed by atoms with Crippen LogP contribution < -0.4 is 10.2 Å². The van der Waals surface area contributed by atoms with Crippen LogP contribution in [0.15, 0.2) is 42.7 Å². The van der Waals surface area contributed by atoms with Crippen molar-refractivity contribution >= 4 is 17.3 Å². The summed E-state index contributed by atoms with van der Waals surface area (Å²) in [5, 5.41) is 11.7. The molecule has 2 aliphatic rings. The van der Waals surface area contributed by atoms with Gasteiger partial charge in [0.25, 0.3) is 5.91 Å². The van der Waals surface area contributed by atoms with Gasteiger partial charge in [-0.1, -0.05) is 0 Å². The van der Waals surface area contributed by atoms with Crippen molar-refractivity contribution in [3.05, 3.63) is 53.9 Å². The first-order chi connectivity index (χ1) is 13.2. The van der Waals surface area contributed by atoms with Gasteiger partial charge >= 0.3 is 0 Å². The first-order valence-electron chi connectivity index (χ1n) is 8.97. The number of rotatable bonds is 3. The molecule has 7 heteroatoms. The summed E-state index contributed by atoms with van der Waals surface area (Å²) < 4.78 is 11.5. The lowest BCUT2D eigenvalue weighted by Gasteiger charge is -2.38. The quantitative estimate of drug-likeness (QED) is 0.901. The normalized spacial score (nSPS) is 18.3. The van der Waals surface area contributed by atoms with E-state index in [1.807, 2.05) is 6.07 Å². The minimum absolute atomic E-state index is 0.231. The van der Waals surface area contributed by atoms with Gasteiger partial charge in [0.15, 0.2) is 5.79 Å². The van der Waals surface area contributed by atoms with E-state index in [4.69, 9.17) is 14.7 Å². The van der Waals surface area contributed by atoms with E-state index in [1.54, 1.807) is 36.7 Å². The third kappa shape index (κ3) is 3.77. The van der Waals surface area contributed by atoms with Crippen LogP contribution in [0.25, 0.3) is 0 Å². The van der Waals surface area contributed by atoms with Gasteiger partial charge in [0.05, 0.1) is 42.3 Å². The zero-order valence-corrected chi connectivity index (χ0v) is 14.9. The van der Waals surface area contributed by atoms with Gasteiger partial charge in [0.1, 0.15) is 0 Å². The molecule has 1 N–H and O–H groups in total. The first-order valence-corrected chi connectivity index (χ1v) is 8.97. The fourth-order valence-electron chi connectivity index (χ4n) is 3.45. The second-order valence-electron chi connectivity index (χ2n) is 6.67. The minimum Gasteiger partial charge on any atom is -0.370 e. The predicted molar refractivity (Wildman–Crippen MR) is 99.4 cm³/mol. The van der Waals surface area contributed by atoms with Crippen molar-refractivity contribution < 1.29 is 14.3 Å². The second kappa shape index (κ2) is 7.35. The summed E-state index contributed by atoms with van der Waals surface area (Å²) in [5.74, 6) is -0.654. The summed E-state index contributed by atoms with van der Waals surface area (Å²) in [6, 6.07) is 10.7. The lowest BCUT2D eigenvalue weighted by Crippen LogP contribution is -2.45. The molecular formula is C20H20N4O3. The number of carbonyl (C=O) groups excluding carboxylic acids is 1. The molecular weight excluding hydrogens is 344 g/mol. The molecule has 0 radical (unpaired) electrons. The molecule has 0 aliphatic carbocycles. The fourth-order valence-corrected chi connectivity index (χ4v) is 3.45. The van der Waals surface area contributed by atoms with E-state index in [0.29, 0.717) is 30.0 Å². The summed E-state index contributed by atoms with van der Waals surface area (Å²) in [7, 11) is 0. The Labute approximate surface area is 157 Å². The Morgan fingerprint density at radius 3 is 2.52 bits per heavy atom. The molecule has 2 fully saturated rings. The van der Waals surface area contributed by atoms with E-state index in [9.17, 15) is 4.79 Å². The van der Waals surface area contributed by atoms with Crippen LogP contribution >= 0.6 is 0 Å². The van der Waals surface area contributed by atoms with Crippen molar-refractivity contribution in [1.29, 1.82) is 5.26 Å². The van der Waals surface area contributed by atoms with E-state index < -0.39 is 5.79 Å². The predicted octanol–water partition coefficient (Wildman–Crippen LogP) is 2.55. The Kier molecular flexibility index (Phi) is 4.75. The number of hydrogen-bond donors (Lipinski definition) is 1. The van der Waals surface area contributed by atoms with Gasteiger partial charge in [0, 0.05) is 37.8 Å². The van der Waals surface area contributed by atoms with Crippen LogP contribution in [-0.4, -0.2) is 43.0 Å². The van der Waals surface area contributed by atoms with Crippen LogP contribution in [0.1, 0.15) is 28.8 Å². The lowest BCUT2D eigenvalue weighted by molar-refractivity contribution is -0.169. The molecule has 0 saturated carbocycles. The maximum absolute atomic E-state index is 12.5. The van der Waals surface area contributed by atoms with Crippen molar-refractivity contribution in [3.8, 4) is 6.07 Å². The monoisotopic (exact) mass is 364 g/mol. The highest BCUT2D eigenvalue weighted by atomic mass is 16.7. The van der Waals surface area contributed by atoms with Crippen molar-refractivity contribution in [2.75, 3.05) is 36.5 Å². The molecule has 7 nitrogen and oxygen atoms in total. The van der Waals surface area contributed by atoms with Gasteiger partial charge in [-0.05, 0) is 30.3 Å². The minimum atomic E-state index is -0.422. The molecule has 1 aromatic carbocycles. The van der Waals surface area contributed by atoms with Gasteiger partial charge in [-0.3, -0.25) is 9.78 Å². The van der Waals surface area contributed by atoms with Crippen molar-refractivity contribution in [2.24, 2.45) is 0 Å². The zero-order valence-electron chi connectivity index (χ0n) is 14.9. The Morgan fingerprint density at radius 1 is 1.15 bits per heavy atom. The number of benzene rings is 1. The van der Waals surface area contributed by atoms with E-state index in [-0.39, 0.29) is 5.91 Å². The standard InChI is InChI=1S/C20H20N4O3/c21-12-15-1-3-17(4-2-15)23-19(25)16-11-18(14-22-13-16)24-7-5-20(6-8-24)26-9-10-27-20/h1-4,11,13-14H,5-10H2,(H,23,25). The average Bonchev–Trinajstić information content (AvgIpc) is 3.17. The number of carbonyl (C=O) groups is 1. The first kappa shape index (κ1) is 17.5. The third-order valence-corrected chi connectivity index (χ3v) is 4.96. The zero-order chi connectivity index (χ0) is 18.7. The van der Waals surface area contributed by atoms with Crippen LogP contribution in [0, 0.1) is 11.3 Å². The van der Waals surface area contributed by atoms with Gasteiger partial charge in [-0.2, -0.15) is 5.26 Å². The average molecular weight is 364 g/mol. The number of nitriles is 1. The van der Waals surface area contributed by atoms with Gasteiger partial charge in [-0.15, -0.1) is 0 Å². The maximum atomic E-state index is 12.5. The molecule has 0 atom stereocenters. The Balaban J connectivity index is 1.42.